The summed E-state index contributed by atoms with van der Waals surface area (Å²) in [6.07, 6.45) is -10.5. The maximum absolute atomic E-state index is 12.8. The summed E-state index contributed by atoms with van der Waals surface area (Å²) in [7, 11) is 0. The van der Waals surface area contributed by atoms with Gasteiger partial charge >= 0.3 is 18.2 Å². The first kappa shape index (κ1) is 16.5. The number of hydrogen-bond acceptors (Lipinski definition) is 1. The molecule has 0 aromatic heterocycles. The second kappa shape index (κ2) is 5.88. The van der Waals surface area contributed by atoms with Crippen molar-refractivity contribution in [1.29, 1.82) is 0 Å². The van der Waals surface area contributed by atoms with Gasteiger partial charge in [0.05, 0.1) is 6.61 Å². The van der Waals surface area contributed by atoms with Gasteiger partial charge in [-0.3, -0.25) is 0 Å². The Kier molecular flexibility index (Phi) is 5.70. The predicted molar refractivity (Wildman–Crippen MR) is 46.0 cm³/mol. The van der Waals surface area contributed by atoms with Crippen molar-refractivity contribution >= 4 is 0 Å². The van der Waals surface area contributed by atoms with Gasteiger partial charge in [0, 0.05) is 0 Å². The maximum atomic E-state index is 12.8. The van der Waals surface area contributed by atoms with E-state index in [-0.39, 0.29) is 6.42 Å². The van der Waals surface area contributed by atoms with Gasteiger partial charge in [0.2, 0.25) is 0 Å². The fraction of sp³-hybridized carbons (Fsp3) is 1.00. The Labute approximate surface area is 93.9 Å². The molecule has 0 unspecified atom stereocenters. The van der Waals surface area contributed by atoms with Crippen molar-refractivity contribution in [3.63, 3.8) is 0 Å². The van der Waals surface area contributed by atoms with Crippen LogP contribution in [0.3, 0.4) is 0 Å². The molecule has 0 radical (unpaired) electrons. The van der Waals surface area contributed by atoms with Gasteiger partial charge in [-0.05, 0) is 6.42 Å². The third-order valence-electron chi connectivity index (χ3n) is 2.03. The van der Waals surface area contributed by atoms with Crippen molar-refractivity contribution in [3.05, 3.63) is 0 Å². The molecule has 0 spiro atoms. The lowest BCUT2D eigenvalue weighted by atomic mass is 10.2. The molecule has 8 heteroatoms. The lowest BCUT2D eigenvalue weighted by Crippen LogP contribution is -2.55. The van der Waals surface area contributed by atoms with E-state index < -0.39 is 24.8 Å². The third-order valence-corrected chi connectivity index (χ3v) is 2.03. The first-order chi connectivity index (χ1) is 7.56. The molecular weight excluding hydrogens is 257 g/mol. The first-order valence-electron chi connectivity index (χ1n) is 5.02. The van der Waals surface area contributed by atoms with Crippen LogP contribution in [0.4, 0.5) is 30.7 Å². The topological polar surface area (TPSA) is 9.23 Å². The average Bonchev–Trinajstić information content (AvgIpc) is 2.13. The lowest BCUT2D eigenvalue weighted by Gasteiger charge is -2.29. The Morgan fingerprint density at radius 3 is 1.59 bits per heavy atom. The Morgan fingerprint density at radius 1 is 0.765 bits per heavy atom. The van der Waals surface area contributed by atoms with Crippen LogP contribution in [0, 0.1) is 0 Å². The second-order valence-corrected chi connectivity index (χ2v) is 3.50. The van der Waals surface area contributed by atoms with Gasteiger partial charge in [0.1, 0.15) is 0 Å². The molecule has 0 amide bonds. The second-order valence-electron chi connectivity index (χ2n) is 3.50. The average molecular weight is 270 g/mol. The van der Waals surface area contributed by atoms with Gasteiger partial charge in [-0.2, -0.15) is 30.7 Å². The minimum absolute atomic E-state index is 0.0499. The Balaban J connectivity index is 4.44. The van der Waals surface area contributed by atoms with Crippen LogP contribution in [0.15, 0.2) is 0 Å². The van der Waals surface area contributed by atoms with E-state index >= 15 is 0 Å². The van der Waals surface area contributed by atoms with Gasteiger partial charge in [-0.25, -0.2) is 0 Å². The number of ether oxygens (including phenoxy) is 1. The van der Waals surface area contributed by atoms with E-state index in [9.17, 15) is 30.7 Å². The van der Waals surface area contributed by atoms with Crippen molar-refractivity contribution in [1.82, 2.24) is 0 Å². The summed E-state index contributed by atoms with van der Waals surface area (Å²) in [5.41, 5.74) is 0. The molecule has 0 aromatic carbocycles. The SMILES string of the molecule is CCCCCCOC(F)(C(F)(F)F)C(F)(F)F. The fourth-order valence-electron chi connectivity index (χ4n) is 1.07. The summed E-state index contributed by atoms with van der Waals surface area (Å²) in [4.78, 5) is 0. The third kappa shape index (κ3) is 4.33. The molecule has 0 aliphatic rings. The summed E-state index contributed by atoms with van der Waals surface area (Å²) in [6, 6.07) is 0. The van der Waals surface area contributed by atoms with Crippen LogP contribution in [-0.4, -0.2) is 24.8 Å². The van der Waals surface area contributed by atoms with E-state index in [2.05, 4.69) is 4.74 Å². The van der Waals surface area contributed by atoms with Gasteiger partial charge in [-0.1, -0.05) is 26.2 Å². The molecule has 0 fully saturated rings. The van der Waals surface area contributed by atoms with E-state index in [0.29, 0.717) is 12.8 Å². The Bertz CT molecular complexity index is 206. The molecule has 0 N–H and O–H groups in total. The van der Waals surface area contributed by atoms with E-state index in [4.69, 9.17) is 0 Å². The highest BCUT2D eigenvalue weighted by Gasteiger charge is 2.74. The molecule has 0 atom stereocenters. The van der Waals surface area contributed by atoms with Crippen LogP contribution in [0.5, 0.6) is 0 Å². The lowest BCUT2D eigenvalue weighted by molar-refractivity contribution is -0.430. The molecule has 0 bridgehead atoms. The van der Waals surface area contributed by atoms with Crippen LogP contribution >= 0.6 is 0 Å². The summed E-state index contributed by atoms with van der Waals surface area (Å²) < 4.78 is 88.0. The Morgan fingerprint density at radius 2 is 1.24 bits per heavy atom. The monoisotopic (exact) mass is 270 g/mol. The largest absolute Gasteiger partial charge is 0.458 e. The van der Waals surface area contributed by atoms with Crippen molar-refractivity contribution in [3.8, 4) is 0 Å². The van der Waals surface area contributed by atoms with Gasteiger partial charge < -0.3 is 4.74 Å². The van der Waals surface area contributed by atoms with Gasteiger partial charge in [0.15, 0.2) is 0 Å². The Hall–Kier alpha value is -0.530. The van der Waals surface area contributed by atoms with Gasteiger partial charge in [-0.15, -0.1) is 0 Å². The first-order valence-corrected chi connectivity index (χ1v) is 5.02. The van der Waals surface area contributed by atoms with E-state index in [1.54, 1.807) is 0 Å². The molecule has 0 saturated carbocycles. The molecule has 1 nitrogen and oxygen atoms in total. The van der Waals surface area contributed by atoms with Crippen molar-refractivity contribution in [2.24, 2.45) is 0 Å². The smallest absolute Gasteiger partial charge is 0.332 e. The molecule has 0 rings (SSSR count). The number of halogens is 7. The zero-order valence-corrected chi connectivity index (χ0v) is 9.09. The van der Waals surface area contributed by atoms with Crippen LogP contribution in [-0.2, 0) is 4.74 Å². The van der Waals surface area contributed by atoms with E-state index in [0.717, 1.165) is 6.42 Å². The molecular formula is C9H13F7O. The standard InChI is InChI=1S/C9H13F7O/c1-2-3-4-5-6-17-7(10,8(11,12)13)9(14,15)16/h2-6H2,1H3. The molecule has 0 heterocycles. The minimum atomic E-state index is -6.13. The highest BCUT2D eigenvalue weighted by molar-refractivity contribution is 4.85. The highest BCUT2D eigenvalue weighted by atomic mass is 19.4. The van der Waals surface area contributed by atoms with Crippen molar-refractivity contribution in [2.75, 3.05) is 6.61 Å². The summed E-state index contributed by atoms with van der Waals surface area (Å²) in [6.45, 7) is 0.890. The quantitative estimate of drug-likeness (QED) is 0.514. The highest BCUT2D eigenvalue weighted by Crippen LogP contribution is 2.46. The molecule has 0 saturated heterocycles. The molecule has 0 aliphatic heterocycles. The van der Waals surface area contributed by atoms with E-state index in [1.165, 1.54) is 0 Å². The van der Waals surface area contributed by atoms with Crippen LogP contribution in [0.2, 0.25) is 0 Å². The molecule has 17 heavy (non-hydrogen) atoms. The number of unbranched alkanes of at least 4 members (excludes halogenated alkanes) is 3. The van der Waals surface area contributed by atoms with Crippen LogP contribution in [0.25, 0.3) is 0 Å². The van der Waals surface area contributed by atoms with Crippen LogP contribution < -0.4 is 0 Å². The zero-order valence-electron chi connectivity index (χ0n) is 9.09. The predicted octanol–water partition coefficient (Wildman–Crippen LogP) is 4.37. The molecule has 104 valence electrons. The minimum Gasteiger partial charge on any atom is -0.332 e. The summed E-state index contributed by atoms with van der Waals surface area (Å²) in [5, 5.41) is 0. The number of alkyl halides is 7. The van der Waals surface area contributed by atoms with E-state index in [1.807, 2.05) is 6.92 Å². The molecule has 0 aliphatic carbocycles. The summed E-state index contributed by atoms with van der Waals surface area (Å²) >= 11 is 0. The van der Waals surface area contributed by atoms with Crippen molar-refractivity contribution in [2.45, 2.75) is 50.8 Å². The molecule has 0 aromatic rings. The van der Waals surface area contributed by atoms with Crippen molar-refractivity contribution < 1.29 is 35.5 Å². The maximum Gasteiger partial charge on any atom is 0.458 e. The van der Waals surface area contributed by atoms with Gasteiger partial charge in [0.25, 0.3) is 0 Å². The number of hydrogen-bond donors (Lipinski definition) is 0. The summed E-state index contributed by atoms with van der Waals surface area (Å²) in [5.74, 6) is -5.58. The zero-order chi connectivity index (χ0) is 13.7. The normalized spacial score (nSPS) is 14.1. The van der Waals surface area contributed by atoms with Crippen LogP contribution in [0.1, 0.15) is 32.6 Å². The number of rotatable bonds is 6. The fourth-order valence-corrected chi connectivity index (χ4v) is 1.07.